The Labute approximate surface area is 188 Å². The number of allylic oxidation sites excluding steroid dienone is 3. The molecule has 2 atom stereocenters. The number of carbonyl (C=O) groups excluding carboxylic acids is 1. The summed E-state index contributed by atoms with van der Waals surface area (Å²) in [6, 6.07) is 4.83. The van der Waals surface area contributed by atoms with Crippen LogP contribution in [0.4, 0.5) is 0 Å². The van der Waals surface area contributed by atoms with Crippen molar-refractivity contribution >= 4 is 5.97 Å². The normalized spacial score (nSPS) is 24.2. The lowest BCUT2D eigenvalue weighted by atomic mass is 9.81. The summed E-state index contributed by atoms with van der Waals surface area (Å²) in [7, 11) is 0. The third-order valence-corrected chi connectivity index (χ3v) is 6.96. The first-order valence-corrected chi connectivity index (χ1v) is 12.0. The van der Waals surface area contributed by atoms with Crippen LogP contribution in [0.25, 0.3) is 0 Å². The average Bonchev–Trinajstić information content (AvgIpc) is 3.29. The van der Waals surface area contributed by atoms with Gasteiger partial charge in [-0.2, -0.15) is 0 Å². The molecule has 0 unspecified atom stereocenters. The molecule has 0 N–H and O–H groups in total. The van der Waals surface area contributed by atoms with E-state index in [9.17, 15) is 4.79 Å². The van der Waals surface area contributed by atoms with Crippen molar-refractivity contribution in [3.05, 3.63) is 52.6 Å². The van der Waals surface area contributed by atoms with Crippen molar-refractivity contribution in [2.75, 3.05) is 13.2 Å². The molecule has 31 heavy (non-hydrogen) atoms. The van der Waals surface area contributed by atoms with Crippen LogP contribution in [0, 0.1) is 5.92 Å². The fourth-order valence-corrected chi connectivity index (χ4v) is 4.65. The summed E-state index contributed by atoms with van der Waals surface area (Å²) in [5.74, 6) is 1.38. The van der Waals surface area contributed by atoms with E-state index in [0.717, 1.165) is 30.8 Å². The number of benzene rings is 1. The molecule has 3 rings (SSSR count). The van der Waals surface area contributed by atoms with E-state index in [-0.39, 0.29) is 16.8 Å². The Kier molecular flexibility index (Phi) is 7.34. The monoisotopic (exact) mass is 424 g/mol. The quantitative estimate of drug-likeness (QED) is 0.179. The molecule has 1 aliphatic heterocycles. The third kappa shape index (κ3) is 5.42. The number of hydrogen-bond acceptors (Lipinski definition) is 3. The van der Waals surface area contributed by atoms with E-state index in [1.54, 1.807) is 6.08 Å². The predicted octanol–water partition coefficient (Wildman–Crippen LogP) is 6.82. The fourth-order valence-electron chi connectivity index (χ4n) is 4.65. The standard InChI is InChI=1S/C28H40O3/c1-7-9-10-11-12-21-16-23(17-24-26(21)31-19-27(24,4)5)28(6)18-22(28)14-13-20(3)15-25(29)30-8-2/h13-17,22H,7-12,18-19H2,1-6H3/b14-13+,20-15+/t22-,28+/m1/s1. The van der Waals surface area contributed by atoms with Crippen molar-refractivity contribution in [3.8, 4) is 5.75 Å². The highest BCUT2D eigenvalue weighted by Gasteiger charge is 2.50. The molecule has 1 aromatic rings. The molecule has 3 heteroatoms. The molecule has 3 nitrogen and oxygen atoms in total. The maximum Gasteiger partial charge on any atom is 0.330 e. The van der Waals surface area contributed by atoms with Gasteiger partial charge >= 0.3 is 5.97 Å². The van der Waals surface area contributed by atoms with Crippen LogP contribution < -0.4 is 4.74 Å². The highest BCUT2D eigenvalue weighted by atomic mass is 16.5. The van der Waals surface area contributed by atoms with E-state index < -0.39 is 0 Å². The van der Waals surface area contributed by atoms with Gasteiger partial charge in [-0.05, 0) is 61.1 Å². The van der Waals surface area contributed by atoms with Crippen molar-refractivity contribution < 1.29 is 14.3 Å². The summed E-state index contributed by atoms with van der Waals surface area (Å²) in [6.07, 6.45) is 13.2. The smallest absolute Gasteiger partial charge is 0.330 e. The number of unbranched alkanes of at least 4 members (excludes halogenated alkanes) is 3. The van der Waals surface area contributed by atoms with Crippen LogP contribution in [0.3, 0.4) is 0 Å². The Hall–Kier alpha value is -2.03. The summed E-state index contributed by atoms with van der Waals surface area (Å²) in [6.45, 7) is 14.2. The fraction of sp³-hybridized carbons (Fsp3) is 0.607. The lowest BCUT2D eigenvalue weighted by Crippen LogP contribution is -2.18. The van der Waals surface area contributed by atoms with Crippen LogP contribution in [0.1, 0.15) is 90.3 Å². The molecule has 1 aromatic carbocycles. The zero-order valence-electron chi connectivity index (χ0n) is 20.3. The van der Waals surface area contributed by atoms with Crippen molar-refractivity contribution in [1.29, 1.82) is 0 Å². The van der Waals surface area contributed by atoms with Gasteiger partial charge in [0.1, 0.15) is 5.75 Å². The van der Waals surface area contributed by atoms with Crippen LogP contribution in [-0.4, -0.2) is 19.2 Å². The van der Waals surface area contributed by atoms with Gasteiger partial charge in [-0.1, -0.05) is 71.2 Å². The van der Waals surface area contributed by atoms with Gasteiger partial charge in [0.25, 0.3) is 0 Å². The molecule has 2 aliphatic rings. The van der Waals surface area contributed by atoms with Gasteiger partial charge in [-0.15, -0.1) is 0 Å². The van der Waals surface area contributed by atoms with Gasteiger partial charge < -0.3 is 9.47 Å². The Morgan fingerprint density at radius 2 is 1.97 bits per heavy atom. The van der Waals surface area contributed by atoms with E-state index in [2.05, 4.69) is 52.0 Å². The first-order valence-electron chi connectivity index (χ1n) is 12.0. The van der Waals surface area contributed by atoms with Gasteiger partial charge in [0.2, 0.25) is 0 Å². The number of carbonyl (C=O) groups is 1. The van der Waals surface area contributed by atoms with Gasteiger partial charge in [-0.3, -0.25) is 0 Å². The largest absolute Gasteiger partial charge is 0.492 e. The average molecular weight is 425 g/mol. The first kappa shape index (κ1) is 23.6. The van der Waals surface area contributed by atoms with E-state index in [0.29, 0.717) is 12.5 Å². The molecular weight excluding hydrogens is 384 g/mol. The number of esters is 1. The molecule has 0 saturated heterocycles. The molecule has 1 fully saturated rings. The van der Waals surface area contributed by atoms with Gasteiger partial charge in [0.15, 0.2) is 0 Å². The minimum atomic E-state index is -0.267. The Balaban J connectivity index is 1.79. The zero-order chi connectivity index (χ0) is 22.6. The molecule has 0 spiro atoms. The van der Waals surface area contributed by atoms with Crippen LogP contribution in [0.15, 0.2) is 35.9 Å². The molecule has 1 heterocycles. The zero-order valence-corrected chi connectivity index (χ0v) is 20.3. The summed E-state index contributed by atoms with van der Waals surface area (Å²) in [5, 5.41) is 0. The highest BCUT2D eigenvalue weighted by molar-refractivity contribution is 5.83. The maximum absolute atomic E-state index is 11.7. The summed E-state index contributed by atoms with van der Waals surface area (Å²) in [5.41, 5.74) is 5.38. The molecule has 170 valence electrons. The van der Waals surface area contributed by atoms with Crippen LogP contribution >= 0.6 is 0 Å². The molecule has 0 radical (unpaired) electrons. The first-order chi connectivity index (χ1) is 14.7. The number of hydrogen-bond donors (Lipinski definition) is 0. The van der Waals surface area contributed by atoms with Gasteiger partial charge in [0, 0.05) is 17.1 Å². The molecule has 0 bridgehead atoms. The predicted molar refractivity (Wildman–Crippen MR) is 128 cm³/mol. The minimum absolute atomic E-state index is 0.0685. The van der Waals surface area contributed by atoms with Gasteiger partial charge in [-0.25, -0.2) is 4.79 Å². The van der Waals surface area contributed by atoms with E-state index in [1.165, 1.54) is 42.4 Å². The van der Waals surface area contributed by atoms with E-state index in [4.69, 9.17) is 9.47 Å². The van der Waals surface area contributed by atoms with Crippen molar-refractivity contribution in [2.45, 2.75) is 90.9 Å². The SMILES string of the molecule is CCCCCCc1cc([C@@]2(C)C[C@H]2/C=C/C(C)=C/C(=O)OCC)cc2c1OCC2(C)C. The van der Waals surface area contributed by atoms with Crippen LogP contribution in [0.5, 0.6) is 5.75 Å². The minimum Gasteiger partial charge on any atom is -0.492 e. The Bertz CT molecular complexity index is 861. The number of fused-ring (bicyclic) bond motifs is 1. The molecule has 1 saturated carbocycles. The molecular formula is C28H40O3. The van der Waals surface area contributed by atoms with E-state index >= 15 is 0 Å². The Morgan fingerprint density at radius 1 is 1.19 bits per heavy atom. The number of aryl methyl sites for hydroxylation is 1. The topological polar surface area (TPSA) is 35.5 Å². The summed E-state index contributed by atoms with van der Waals surface area (Å²) < 4.78 is 11.2. The summed E-state index contributed by atoms with van der Waals surface area (Å²) in [4.78, 5) is 11.7. The van der Waals surface area contributed by atoms with Crippen LogP contribution in [0.2, 0.25) is 0 Å². The maximum atomic E-state index is 11.7. The van der Waals surface area contributed by atoms with Crippen molar-refractivity contribution in [2.24, 2.45) is 5.92 Å². The van der Waals surface area contributed by atoms with Crippen molar-refractivity contribution in [1.82, 2.24) is 0 Å². The molecule has 0 aromatic heterocycles. The van der Waals surface area contributed by atoms with E-state index in [1.807, 2.05) is 13.8 Å². The second-order valence-electron chi connectivity index (χ2n) is 10.2. The number of ether oxygens (including phenoxy) is 2. The molecule has 0 amide bonds. The lowest BCUT2D eigenvalue weighted by molar-refractivity contribution is -0.137. The summed E-state index contributed by atoms with van der Waals surface area (Å²) >= 11 is 0. The van der Waals surface area contributed by atoms with Crippen molar-refractivity contribution in [3.63, 3.8) is 0 Å². The highest BCUT2D eigenvalue weighted by Crippen LogP contribution is 2.57. The Morgan fingerprint density at radius 3 is 2.68 bits per heavy atom. The van der Waals surface area contributed by atoms with Crippen LogP contribution in [-0.2, 0) is 26.8 Å². The lowest BCUT2D eigenvalue weighted by Gasteiger charge is -2.20. The second kappa shape index (κ2) is 9.63. The molecule has 1 aliphatic carbocycles. The van der Waals surface area contributed by atoms with Gasteiger partial charge in [0.05, 0.1) is 13.2 Å². The second-order valence-corrected chi connectivity index (χ2v) is 10.2. The third-order valence-electron chi connectivity index (χ3n) is 6.96. The number of rotatable bonds is 10.